The molecule has 0 radical (unpaired) electrons. The molecule has 2 aromatic carbocycles. The van der Waals surface area contributed by atoms with E-state index in [1.54, 1.807) is 48.7 Å². The van der Waals surface area contributed by atoms with Crippen LogP contribution in [0.1, 0.15) is 18.2 Å². The molecule has 0 aliphatic carbocycles. The molecule has 7 nitrogen and oxygen atoms in total. The van der Waals surface area contributed by atoms with Gasteiger partial charge >= 0.3 is 0 Å². The Kier molecular flexibility index (Phi) is 6.17. The van der Waals surface area contributed by atoms with Gasteiger partial charge in [-0.3, -0.25) is 19.5 Å². The summed E-state index contributed by atoms with van der Waals surface area (Å²) in [6.07, 6.45) is 1.63. The molecule has 0 saturated heterocycles. The molecule has 1 N–H and O–H groups in total. The number of ether oxygens (including phenoxy) is 2. The first-order valence-corrected chi connectivity index (χ1v) is 10.3. The van der Waals surface area contributed by atoms with Crippen LogP contribution in [0.3, 0.4) is 0 Å². The molecule has 1 aromatic heterocycles. The monoisotopic (exact) mass is 429 g/mol. The number of anilines is 1. The van der Waals surface area contributed by atoms with E-state index in [1.807, 2.05) is 31.2 Å². The van der Waals surface area contributed by atoms with Crippen molar-refractivity contribution in [3.8, 4) is 11.5 Å². The minimum absolute atomic E-state index is 0.0750. The number of rotatable bonds is 8. The maximum Gasteiger partial charge on any atom is 0.278 e. The van der Waals surface area contributed by atoms with Crippen molar-refractivity contribution in [3.63, 3.8) is 0 Å². The number of hydrogen-bond acceptors (Lipinski definition) is 6. The van der Waals surface area contributed by atoms with Gasteiger partial charge in [0.25, 0.3) is 11.8 Å². The van der Waals surface area contributed by atoms with E-state index in [4.69, 9.17) is 9.47 Å². The first-order valence-electron chi connectivity index (χ1n) is 10.3. The van der Waals surface area contributed by atoms with Crippen LogP contribution in [-0.4, -0.2) is 35.4 Å². The van der Waals surface area contributed by atoms with E-state index < -0.39 is 11.8 Å². The van der Waals surface area contributed by atoms with Crippen LogP contribution in [0.4, 0.5) is 5.69 Å². The first kappa shape index (κ1) is 21.1. The molecule has 162 valence electrons. The lowest BCUT2D eigenvalue weighted by Crippen LogP contribution is -2.32. The van der Waals surface area contributed by atoms with E-state index in [9.17, 15) is 9.59 Å². The van der Waals surface area contributed by atoms with Gasteiger partial charge in [-0.2, -0.15) is 0 Å². The number of amides is 2. The highest BCUT2D eigenvalue weighted by atomic mass is 16.5. The highest BCUT2D eigenvalue weighted by molar-refractivity contribution is 6.36. The molecule has 0 saturated carbocycles. The van der Waals surface area contributed by atoms with E-state index in [0.29, 0.717) is 29.3 Å². The van der Waals surface area contributed by atoms with Gasteiger partial charge < -0.3 is 14.8 Å². The fourth-order valence-corrected chi connectivity index (χ4v) is 3.54. The summed E-state index contributed by atoms with van der Waals surface area (Å²) in [6, 6.07) is 19.8. The second kappa shape index (κ2) is 9.34. The Bertz CT molecular complexity index is 1160. The molecule has 1 aliphatic heterocycles. The number of nitrogens with zero attached hydrogens (tertiary/aromatic N) is 2. The van der Waals surface area contributed by atoms with Crippen LogP contribution in [0, 0.1) is 0 Å². The molecule has 1 aliphatic rings. The van der Waals surface area contributed by atoms with E-state index >= 15 is 0 Å². The third-order valence-electron chi connectivity index (χ3n) is 5.03. The Balaban J connectivity index is 1.74. The van der Waals surface area contributed by atoms with Crippen LogP contribution in [0.15, 0.2) is 78.6 Å². The average Bonchev–Trinajstić information content (AvgIpc) is 3.05. The lowest BCUT2D eigenvalue weighted by molar-refractivity contribution is -0.137. The molecule has 7 heteroatoms. The van der Waals surface area contributed by atoms with Gasteiger partial charge in [0, 0.05) is 17.4 Å². The number of hydrogen-bond donors (Lipinski definition) is 1. The summed E-state index contributed by atoms with van der Waals surface area (Å²) in [4.78, 5) is 32.3. The minimum Gasteiger partial charge on any atom is -0.496 e. The molecule has 0 bridgehead atoms. The van der Waals surface area contributed by atoms with Crippen molar-refractivity contribution in [1.82, 2.24) is 9.88 Å². The molecule has 0 atom stereocenters. The molecule has 0 fully saturated rings. The normalized spacial score (nSPS) is 13.5. The van der Waals surface area contributed by atoms with E-state index in [0.717, 1.165) is 5.75 Å². The standard InChI is InChI=1S/C25H23N3O4/c1-3-32-19-13-11-17(12-14-19)27-23-22(20-9-4-5-10-21(20)31-2)24(29)28(25(23)30)16-18-8-6-7-15-26-18/h4-15,27H,3,16H2,1-2H3. The number of para-hydroxylation sites is 1. The number of carbonyl (C=O) groups is 2. The molecule has 4 rings (SSSR count). The summed E-state index contributed by atoms with van der Waals surface area (Å²) in [7, 11) is 1.53. The molecular weight excluding hydrogens is 406 g/mol. The van der Waals surface area contributed by atoms with Crippen LogP contribution >= 0.6 is 0 Å². The summed E-state index contributed by atoms with van der Waals surface area (Å²) in [5.41, 5.74) is 2.29. The maximum absolute atomic E-state index is 13.4. The van der Waals surface area contributed by atoms with Gasteiger partial charge in [-0.15, -0.1) is 0 Å². The predicted molar refractivity (Wildman–Crippen MR) is 121 cm³/mol. The van der Waals surface area contributed by atoms with Crippen molar-refractivity contribution < 1.29 is 19.1 Å². The zero-order valence-electron chi connectivity index (χ0n) is 17.9. The third-order valence-corrected chi connectivity index (χ3v) is 5.03. The number of carbonyl (C=O) groups excluding carboxylic acids is 2. The quantitative estimate of drug-likeness (QED) is 0.548. The van der Waals surface area contributed by atoms with Crippen molar-refractivity contribution in [1.29, 1.82) is 0 Å². The summed E-state index contributed by atoms with van der Waals surface area (Å²) in [5, 5.41) is 3.14. The zero-order chi connectivity index (χ0) is 22.5. The fraction of sp³-hybridized carbons (Fsp3) is 0.160. The van der Waals surface area contributed by atoms with Crippen LogP contribution in [0.2, 0.25) is 0 Å². The molecule has 0 spiro atoms. The van der Waals surface area contributed by atoms with Crippen molar-refractivity contribution in [3.05, 3.63) is 89.9 Å². The van der Waals surface area contributed by atoms with Crippen LogP contribution in [0.5, 0.6) is 11.5 Å². The summed E-state index contributed by atoms with van der Waals surface area (Å²) < 4.78 is 10.9. The SMILES string of the molecule is CCOc1ccc(NC2=C(c3ccccc3OC)C(=O)N(Cc3ccccn3)C2=O)cc1. The van der Waals surface area contributed by atoms with Gasteiger partial charge in [-0.1, -0.05) is 24.3 Å². The molecule has 2 heterocycles. The van der Waals surface area contributed by atoms with E-state index in [1.165, 1.54) is 12.0 Å². The van der Waals surface area contributed by atoms with E-state index in [2.05, 4.69) is 10.3 Å². The highest BCUT2D eigenvalue weighted by Gasteiger charge is 2.40. The predicted octanol–water partition coefficient (Wildman–Crippen LogP) is 3.88. The largest absolute Gasteiger partial charge is 0.496 e. The number of nitrogens with one attached hydrogen (secondary N) is 1. The topological polar surface area (TPSA) is 80.8 Å². The number of benzene rings is 2. The molecule has 32 heavy (non-hydrogen) atoms. The van der Waals surface area contributed by atoms with Crippen molar-refractivity contribution in [2.24, 2.45) is 0 Å². The van der Waals surface area contributed by atoms with Crippen molar-refractivity contribution in [2.75, 3.05) is 19.0 Å². The van der Waals surface area contributed by atoms with Crippen LogP contribution in [0.25, 0.3) is 5.57 Å². The van der Waals surface area contributed by atoms with Crippen LogP contribution < -0.4 is 14.8 Å². The Morgan fingerprint density at radius 3 is 2.38 bits per heavy atom. The number of aromatic nitrogens is 1. The lowest BCUT2D eigenvalue weighted by atomic mass is 10.0. The number of methoxy groups -OCH3 is 1. The van der Waals surface area contributed by atoms with Crippen LogP contribution in [-0.2, 0) is 16.1 Å². The Morgan fingerprint density at radius 1 is 0.938 bits per heavy atom. The molecule has 0 unspecified atom stereocenters. The van der Waals surface area contributed by atoms with Gasteiger partial charge in [-0.25, -0.2) is 0 Å². The molecule has 3 aromatic rings. The Labute approximate surface area is 186 Å². The van der Waals surface area contributed by atoms with Gasteiger partial charge in [0.1, 0.15) is 17.2 Å². The number of imide groups is 1. The maximum atomic E-state index is 13.4. The Hall–Kier alpha value is -4.13. The third kappa shape index (κ3) is 4.18. The smallest absolute Gasteiger partial charge is 0.278 e. The van der Waals surface area contributed by atoms with Crippen molar-refractivity contribution >= 4 is 23.1 Å². The minimum atomic E-state index is -0.421. The summed E-state index contributed by atoms with van der Waals surface area (Å²) >= 11 is 0. The van der Waals surface area contributed by atoms with Gasteiger partial charge in [0.05, 0.1) is 31.5 Å². The first-order chi connectivity index (χ1) is 15.6. The van der Waals surface area contributed by atoms with Gasteiger partial charge in [0.15, 0.2) is 0 Å². The molecular formula is C25H23N3O4. The fourth-order valence-electron chi connectivity index (χ4n) is 3.54. The zero-order valence-corrected chi connectivity index (χ0v) is 17.9. The second-order valence-electron chi connectivity index (χ2n) is 7.05. The second-order valence-corrected chi connectivity index (χ2v) is 7.05. The summed E-state index contributed by atoms with van der Waals surface area (Å²) in [6.45, 7) is 2.55. The highest BCUT2D eigenvalue weighted by Crippen LogP contribution is 2.35. The Morgan fingerprint density at radius 2 is 1.69 bits per heavy atom. The van der Waals surface area contributed by atoms with E-state index in [-0.39, 0.29) is 17.8 Å². The van der Waals surface area contributed by atoms with Gasteiger partial charge in [-0.05, 0) is 49.4 Å². The summed E-state index contributed by atoms with van der Waals surface area (Å²) in [5.74, 6) is 0.408. The molecule has 2 amide bonds. The lowest BCUT2D eigenvalue weighted by Gasteiger charge is -2.15. The average molecular weight is 429 g/mol. The van der Waals surface area contributed by atoms with Crippen molar-refractivity contribution in [2.45, 2.75) is 13.5 Å². The van der Waals surface area contributed by atoms with Gasteiger partial charge in [0.2, 0.25) is 0 Å². The number of pyridine rings is 1.